The first-order valence-corrected chi connectivity index (χ1v) is 7.81. The Kier molecular flexibility index (Phi) is 5.55. The number of nitrogens with zero attached hydrogens (tertiary/aromatic N) is 1. The Balaban J connectivity index is 1.81. The highest BCUT2D eigenvalue weighted by atomic mass is 16.3. The molecular formula is C17H24N2O3. The maximum Gasteiger partial charge on any atom is 0.241 e. The van der Waals surface area contributed by atoms with Gasteiger partial charge in [0.25, 0.3) is 0 Å². The van der Waals surface area contributed by atoms with Crippen molar-refractivity contribution in [1.82, 2.24) is 10.2 Å². The van der Waals surface area contributed by atoms with Crippen LogP contribution in [-0.2, 0) is 15.2 Å². The zero-order chi connectivity index (χ0) is 16.0. The number of piperidine rings is 1. The van der Waals surface area contributed by atoms with Crippen LogP contribution >= 0.6 is 0 Å². The largest absolute Gasteiger partial charge is 0.385 e. The third-order valence-electron chi connectivity index (χ3n) is 4.05. The maximum atomic E-state index is 12.0. The molecule has 120 valence electrons. The minimum atomic E-state index is -1.24. The molecule has 0 spiro atoms. The molecule has 0 saturated carbocycles. The molecule has 1 aromatic carbocycles. The van der Waals surface area contributed by atoms with Crippen molar-refractivity contribution in [3.8, 4) is 0 Å². The van der Waals surface area contributed by atoms with Crippen LogP contribution in [0.4, 0.5) is 0 Å². The lowest BCUT2D eigenvalue weighted by Gasteiger charge is -2.27. The highest BCUT2D eigenvalue weighted by Crippen LogP contribution is 2.23. The Morgan fingerprint density at radius 2 is 1.82 bits per heavy atom. The summed E-state index contributed by atoms with van der Waals surface area (Å²) in [4.78, 5) is 25.8. The van der Waals surface area contributed by atoms with Crippen LogP contribution < -0.4 is 5.32 Å². The zero-order valence-electron chi connectivity index (χ0n) is 13.0. The fourth-order valence-electron chi connectivity index (χ4n) is 2.70. The van der Waals surface area contributed by atoms with Gasteiger partial charge in [-0.2, -0.15) is 0 Å². The number of nitrogens with one attached hydrogen (secondary N) is 1. The van der Waals surface area contributed by atoms with Gasteiger partial charge in [0.05, 0.1) is 18.6 Å². The summed E-state index contributed by atoms with van der Waals surface area (Å²) >= 11 is 0. The lowest BCUT2D eigenvalue weighted by Crippen LogP contribution is -2.43. The van der Waals surface area contributed by atoms with Crippen molar-refractivity contribution >= 4 is 11.8 Å². The van der Waals surface area contributed by atoms with Crippen LogP contribution in [0.15, 0.2) is 30.3 Å². The van der Waals surface area contributed by atoms with Gasteiger partial charge < -0.3 is 15.3 Å². The summed E-state index contributed by atoms with van der Waals surface area (Å²) in [5.74, 6) is -0.369. The van der Waals surface area contributed by atoms with Gasteiger partial charge in [-0.15, -0.1) is 0 Å². The second-order valence-electron chi connectivity index (χ2n) is 6.03. The minimum absolute atomic E-state index is 0.00367. The Labute approximate surface area is 131 Å². The number of benzene rings is 1. The van der Waals surface area contributed by atoms with Crippen LogP contribution in [0.1, 0.15) is 38.2 Å². The van der Waals surface area contributed by atoms with E-state index in [9.17, 15) is 14.7 Å². The van der Waals surface area contributed by atoms with E-state index in [-0.39, 0.29) is 24.8 Å². The van der Waals surface area contributed by atoms with E-state index in [1.807, 2.05) is 18.2 Å². The number of amides is 2. The van der Waals surface area contributed by atoms with Crippen molar-refractivity contribution in [3.63, 3.8) is 0 Å². The quantitative estimate of drug-likeness (QED) is 0.864. The number of carbonyl (C=O) groups is 2. The predicted molar refractivity (Wildman–Crippen MR) is 84.1 cm³/mol. The van der Waals surface area contributed by atoms with Crippen molar-refractivity contribution in [2.24, 2.45) is 0 Å². The smallest absolute Gasteiger partial charge is 0.241 e. The lowest BCUT2D eigenvalue weighted by molar-refractivity contribution is -0.134. The van der Waals surface area contributed by atoms with Crippen molar-refractivity contribution in [3.05, 3.63) is 35.9 Å². The summed E-state index contributed by atoms with van der Waals surface area (Å²) in [7, 11) is 0. The molecule has 0 radical (unpaired) electrons. The Bertz CT molecular complexity index is 508. The average molecular weight is 304 g/mol. The standard InChI is InChI=1S/C17H24N2O3/c1-17(22,14-8-4-2-5-9-14)12-15(20)18-13-16(21)19-10-6-3-7-11-19/h2,4-5,8-9,22H,3,6-7,10-13H2,1H3,(H,18,20). The van der Waals surface area contributed by atoms with Gasteiger partial charge in [-0.3, -0.25) is 9.59 Å². The molecule has 1 unspecified atom stereocenters. The molecule has 5 heteroatoms. The fraction of sp³-hybridized carbons (Fsp3) is 0.529. The second-order valence-corrected chi connectivity index (χ2v) is 6.03. The number of carbonyl (C=O) groups excluding carboxylic acids is 2. The molecule has 2 N–H and O–H groups in total. The van der Waals surface area contributed by atoms with E-state index in [0.717, 1.165) is 32.4 Å². The van der Waals surface area contributed by atoms with Crippen LogP contribution in [0.3, 0.4) is 0 Å². The molecule has 1 saturated heterocycles. The molecule has 1 heterocycles. The number of rotatable bonds is 5. The molecular weight excluding hydrogens is 280 g/mol. The van der Waals surface area contributed by atoms with Crippen molar-refractivity contribution < 1.29 is 14.7 Å². The molecule has 1 aliphatic heterocycles. The number of aliphatic hydroxyl groups is 1. The summed E-state index contributed by atoms with van der Waals surface area (Å²) in [6, 6.07) is 9.07. The van der Waals surface area contributed by atoms with E-state index in [2.05, 4.69) is 5.32 Å². The van der Waals surface area contributed by atoms with Crippen molar-refractivity contribution in [2.75, 3.05) is 19.6 Å². The maximum absolute atomic E-state index is 12.0. The average Bonchev–Trinajstić information content (AvgIpc) is 2.54. The number of hydrogen-bond donors (Lipinski definition) is 2. The van der Waals surface area contributed by atoms with Crippen LogP contribution in [-0.4, -0.2) is 41.5 Å². The van der Waals surface area contributed by atoms with Gasteiger partial charge in [0.1, 0.15) is 0 Å². The van der Waals surface area contributed by atoms with Crippen LogP contribution in [0.2, 0.25) is 0 Å². The first-order chi connectivity index (χ1) is 10.5. The monoisotopic (exact) mass is 304 g/mol. The third-order valence-corrected chi connectivity index (χ3v) is 4.05. The lowest BCUT2D eigenvalue weighted by atomic mass is 9.92. The molecule has 0 bridgehead atoms. The minimum Gasteiger partial charge on any atom is -0.385 e. The molecule has 2 amide bonds. The van der Waals surface area contributed by atoms with E-state index in [1.165, 1.54) is 0 Å². The number of hydrogen-bond acceptors (Lipinski definition) is 3. The molecule has 1 aliphatic rings. The summed E-state index contributed by atoms with van der Waals surface area (Å²) in [5, 5.41) is 13.0. The first kappa shape index (κ1) is 16.5. The van der Waals surface area contributed by atoms with E-state index < -0.39 is 5.60 Å². The third kappa shape index (κ3) is 4.56. The van der Waals surface area contributed by atoms with Gasteiger partial charge in [-0.05, 0) is 31.7 Å². The van der Waals surface area contributed by atoms with Gasteiger partial charge in [0.15, 0.2) is 0 Å². The van der Waals surface area contributed by atoms with Gasteiger partial charge in [-0.1, -0.05) is 30.3 Å². The van der Waals surface area contributed by atoms with E-state index in [1.54, 1.807) is 24.0 Å². The van der Waals surface area contributed by atoms with Crippen molar-refractivity contribution in [2.45, 2.75) is 38.2 Å². The molecule has 1 fully saturated rings. The normalized spacial score (nSPS) is 17.6. The second kappa shape index (κ2) is 7.40. The fourth-order valence-corrected chi connectivity index (χ4v) is 2.70. The zero-order valence-corrected chi connectivity index (χ0v) is 13.0. The number of likely N-dealkylation sites (tertiary alicyclic amines) is 1. The van der Waals surface area contributed by atoms with Gasteiger partial charge >= 0.3 is 0 Å². The highest BCUT2D eigenvalue weighted by molar-refractivity contribution is 5.85. The summed E-state index contributed by atoms with van der Waals surface area (Å²) in [6.45, 7) is 3.16. The van der Waals surface area contributed by atoms with Crippen LogP contribution in [0.5, 0.6) is 0 Å². The Morgan fingerprint density at radius 1 is 1.18 bits per heavy atom. The summed E-state index contributed by atoms with van der Waals surface area (Å²) < 4.78 is 0. The molecule has 2 rings (SSSR count). The molecule has 5 nitrogen and oxygen atoms in total. The highest BCUT2D eigenvalue weighted by Gasteiger charge is 2.27. The van der Waals surface area contributed by atoms with Crippen molar-refractivity contribution in [1.29, 1.82) is 0 Å². The van der Waals surface area contributed by atoms with Crippen LogP contribution in [0, 0.1) is 0 Å². The Morgan fingerprint density at radius 3 is 2.45 bits per heavy atom. The summed E-state index contributed by atoms with van der Waals surface area (Å²) in [6.07, 6.45) is 3.16. The first-order valence-electron chi connectivity index (χ1n) is 7.81. The van der Waals surface area contributed by atoms with Gasteiger partial charge in [0.2, 0.25) is 11.8 Å². The van der Waals surface area contributed by atoms with E-state index in [0.29, 0.717) is 5.56 Å². The SMILES string of the molecule is CC(O)(CC(=O)NCC(=O)N1CCCCC1)c1ccccc1. The molecule has 0 aliphatic carbocycles. The van der Waals surface area contributed by atoms with E-state index in [4.69, 9.17) is 0 Å². The summed E-state index contributed by atoms with van der Waals surface area (Å²) in [5.41, 5.74) is -0.549. The predicted octanol–water partition coefficient (Wildman–Crippen LogP) is 1.41. The molecule has 1 aromatic rings. The Hall–Kier alpha value is -1.88. The van der Waals surface area contributed by atoms with Crippen LogP contribution in [0.25, 0.3) is 0 Å². The molecule has 0 aromatic heterocycles. The van der Waals surface area contributed by atoms with E-state index >= 15 is 0 Å². The molecule has 22 heavy (non-hydrogen) atoms. The van der Waals surface area contributed by atoms with Gasteiger partial charge in [-0.25, -0.2) is 0 Å². The van der Waals surface area contributed by atoms with Gasteiger partial charge in [0, 0.05) is 13.1 Å². The molecule has 1 atom stereocenters. The topological polar surface area (TPSA) is 69.6 Å².